The first-order valence-electron chi connectivity index (χ1n) is 19.2. The predicted molar refractivity (Wildman–Crippen MR) is 233 cm³/mol. The van der Waals surface area contributed by atoms with Crippen molar-refractivity contribution < 1.29 is 0 Å². The molecular weight excluding hydrogens is 713 g/mol. The molecule has 0 bridgehead atoms. The average Bonchev–Trinajstić information content (AvgIpc) is 4.12. The van der Waals surface area contributed by atoms with Crippen molar-refractivity contribution in [3.63, 3.8) is 0 Å². The Bertz CT molecular complexity index is 2990. The van der Waals surface area contributed by atoms with E-state index in [1.54, 1.807) is 0 Å². The summed E-state index contributed by atoms with van der Waals surface area (Å²) in [5.41, 5.74) is 14.6. The van der Waals surface area contributed by atoms with Crippen molar-refractivity contribution in [3.05, 3.63) is 183 Å². The Kier molecular flexibility index (Phi) is 8.76. The molecule has 8 heteroatoms. The van der Waals surface area contributed by atoms with E-state index in [1.807, 2.05) is 62.9 Å². The van der Waals surface area contributed by atoms with Crippen LogP contribution in [0.25, 0.3) is 102 Å². The van der Waals surface area contributed by atoms with Gasteiger partial charge in [-0.3, -0.25) is 0 Å². The van der Waals surface area contributed by atoms with Gasteiger partial charge in [-0.05, 0) is 28.3 Å². The molecule has 4 heterocycles. The van der Waals surface area contributed by atoms with Crippen LogP contribution in [0.2, 0.25) is 0 Å². The van der Waals surface area contributed by atoms with Crippen LogP contribution in [0, 0.1) is 0 Å². The summed E-state index contributed by atoms with van der Waals surface area (Å²) in [6.45, 7) is 0. The zero-order valence-corrected chi connectivity index (χ0v) is 32.0. The maximum absolute atomic E-state index is 5.08. The van der Waals surface area contributed by atoms with Gasteiger partial charge in [0, 0.05) is 59.9 Å². The van der Waals surface area contributed by atoms with Crippen LogP contribution in [0.5, 0.6) is 0 Å². The maximum atomic E-state index is 5.08. The standard InChI is InChI=1S/C50H38N8/c1-57-31-45(35-10-5-3-6-11-35)55-49(57)41-14-9-15-42(28-41)50-56-46(32-58(50)2)38-20-16-33(17-21-38)34-18-26-40(27-19-34)48-52-30-44(54-48)37-24-22-36(23-25-37)43-29-51-47(53-43)39-12-7-4-8-13-39/h3-32H,1-2H3,(H,51,53)(H,52,54). The van der Waals surface area contributed by atoms with Crippen LogP contribution in [0.3, 0.4) is 0 Å². The van der Waals surface area contributed by atoms with Gasteiger partial charge in [0.15, 0.2) is 0 Å². The molecule has 2 N–H and O–H groups in total. The highest BCUT2D eigenvalue weighted by Crippen LogP contribution is 2.32. The molecule has 0 radical (unpaired) electrons. The smallest absolute Gasteiger partial charge is 0.140 e. The van der Waals surface area contributed by atoms with Gasteiger partial charge in [0.25, 0.3) is 0 Å². The first kappa shape index (κ1) is 34.6. The molecular formula is C50H38N8. The van der Waals surface area contributed by atoms with Crippen LogP contribution in [-0.4, -0.2) is 39.0 Å². The molecule has 0 aliphatic heterocycles. The van der Waals surface area contributed by atoms with Gasteiger partial charge in [0.05, 0.1) is 35.2 Å². The fourth-order valence-corrected chi connectivity index (χ4v) is 7.46. The second-order valence-electron chi connectivity index (χ2n) is 14.5. The number of aryl methyl sites for hydroxylation is 2. The molecule has 0 spiro atoms. The number of H-pyrrole nitrogens is 2. The monoisotopic (exact) mass is 750 g/mol. The lowest BCUT2D eigenvalue weighted by molar-refractivity contribution is 0.920. The Balaban J connectivity index is 0.818. The fraction of sp³-hybridized carbons (Fsp3) is 0.0400. The van der Waals surface area contributed by atoms with Crippen LogP contribution in [0.4, 0.5) is 0 Å². The Labute approximate surface area is 336 Å². The number of imidazole rings is 4. The lowest BCUT2D eigenvalue weighted by atomic mass is 10.0. The Morgan fingerprint density at radius 2 is 0.724 bits per heavy atom. The highest BCUT2D eigenvalue weighted by Gasteiger charge is 2.15. The van der Waals surface area contributed by atoms with Crippen molar-refractivity contribution in [2.24, 2.45) is 14.1 Å². The average molecular weight is 751 g/mol. The number of nitrogens with zero attached hydrogens (tertiary/aromatic N) is 6. The van der Waals surface area contributed by atoms with Crippen LogP contribution in [0.1, 0.15) is 0 Å². The number of benzene rings is 6. The zero-order valence-electron chi connectivity index (χ0n) is 32.0. The van der Waals surface area contributed by atoms with Crippen molar-refractivity contribution in [2.75, 3.05) is 0 Å². The minimum Gasteiger partial charge on any atom is -0.338 e. The van der Waals surface area contributed by atoms with Gasteiger partial charge in [0.1, 0.15) is 23.3 Å². The maximum Gasteiger partial charge on any atom is 0.140 e. The molecule has 4 aromatic heterocycles. The molecule has 8 nitrogen and oxygen atoms in total. The number of nitrogens with one attached hydrogen (secondary N) is 2. The number of hydrogen-bond donors (Lipinski definition) is 2. The normalized spacial score (nSPS) is 11.3. The SMILES string of the molecule is Cn1cc(-c2ccccc2)nc1-c1cccc(-c2nc(-c3ccc(-c4ccc(-c5ncc(-c6ccc(-c7cnc(-c8ccccc8)[nH]7)cc6)[nH]5)cc4)cc3)cn2C)c1. The molecule has 58 heavy (non-hydrogen) atoms. The second-order valence-corrected chi connectivity index (χ2v) is 14.5. The molecule has 6 aromatic carbocycles. The van der Waals surface area contributed by atoms with E-state index in [0.29, 0.717) is 0 Å². The van der Waals surface area contributed by atoms with Crippen LogP contribution in [-0.2, 0) is 14.1 Å². The van der Waals surface area contributed by atoms with E-state index in [1.165, 1.54) is 0 Å². The van der Waals surface area contributed by atoms with Gasteiger partial charge in [-0.1, -0.05) is 152 Å². The van der Waals surface area contributed by atoms with E-state index in [0.717, 1.165) is 102 Å². The van der Waals surface area contributed by atoms with E-state index in [9.17, 15) is 0 Å². The van der Waals surface area contributed by atoms with Gasteiger partial charge >= 0.3 is 0 Å². The van der Waals surface area contributed by atoms with E-state index >= 15 is 0 Å². The first-order chi connectivity index (χ1) is 28.5. The topological polar surface area (TPSA) is 93.0 Å². The van der Waals surface area contributed by atoms with Crippen LogP contribution in [0.15, 0.2) is 183 Å². The van der Waals surface area contributed by atoms with Crippen LogP contribution >= 0.6 is 0 Å². The lowest BCUT2D eigenvalue weighted by Gasteiger charge is -2.06. The van der Waals surface area contributed by atoms with E-state index in [-0.39, 0.29) is 0 Å². The fourth-order valence-electron chi connectivity index (χ4n) is 7.46. The van der Waals surface area contributed by atoms with E-state index in [2.05, 4.69) is 158 Å². The van der Waals surface area contributed by atoms with Gasteiger partial charge in [-0.25, -0.2) is 19.9 Å². The third-order valence-electron chi connectivity index (χ3n) is 10.6. The molecule has 0 saturated heterocycles. The molecule has 0 aliphatic carbocycles. The van der Waals surface area contributed by atoms with Crippen molar-refractivity contribution in [3.8, 4) is 102 Å². The van der Waals surface area contributed by atoms with Crippen LogP contribution < -0.4 is 0 Å². The molecule has 0 atom stereocenters. The summed E-state index contributed by atoms with van der Waals surface area (Å²) >= 11 is 0. The minimum absolute atomic E-state index is 0.829. The summed E-state index contributed by atoms with van der Waals surface area (Å²) in [7, 11) is 4.09. The molecule has 0 aliphatic rings. The van der Waals surface area contributed by atoms with Crippen molar-refractivity contribution in [2.45, 2.75) is 0 Å². The number of aromatic nitrogens is 8. The Morgan fingerprint density at radius 3 is 1.21 bits per heavy atom. The zero-order chi connectivity index (χ0) is 39.0. The Hall–Kier alpha value is -7.84. The Morgan fingerprint density at radius 1 is 0.362 bits per heavy atom. The predicted octanol–water partition coefficient (Wildman–Crippen LogP) is 11.6. The third-order valence-corrected chi connectivity index (χ3v) is 10.6. The minimum atomic E-state index is 0.829. The molecule has 0 fully saturated rings. The van der Waals surface area contributed by atoms with E-state index in [4.69, 9.17) is 15.0 Å². The molecule has 0 saturated carbocycles. The molecule has 0 unspecified atom stereocenters. The second kappa shape index (κ2) is 14.7. The van der Waals surface area contributed by atoms with Gasteiger partial charge in [0.2, 0.25) is 0 Å². The summed E-state index contributed by atoms with van der Waals surface area (Å²) in [6, 6.07) is 54.4. The van der Waals surface area contributed by atoms with Gasteiger partial charge < -0.3 is 19.1 Å². The summed E-state index contributed by atoms with van der Waals surface area (Å²) in [6.07, 6.45) is 7.94. The van der Waals surface area contributed by atoms with Crippen molar-refractivity contribution >= 4 is 0 Å². The number of aromatic amines is 2. The quantitative estimate of drug-likeness (QED) is 0.154. The summed E-state index contributed by atoms with van der Waals surface area (Å²) in [4.78, 5) is 26.3. The lowest BCUT2D eigenvalue weighted by Crippen LogP contribution is -1.94. The van der Waals surface area contributed by atoms with E-state index < -0.39 is 0 Å². The summed E-state index contributed by atoms with van der Waals surface area (Å²) in [5.74, 6) is 3.51. The van der Waals surface area contributed by atoms with Crippen molar-refractivity contribution in [1.82, 2.24) is 39.0 Å². The van der Waals surface area contributed by atoms with Gasteiger partial charge in [-0.2, -0.15) is 0 Å². The number of rotatable bonds is 9. The largest absolute Gasteiger partial charge is 0.338 e. The number of hydrogen-bond acceptors (Lipinski definition) is 4. The molecule has 10 rings (SSSR count). The molecule has 10 aromatic rings. The van der Waals surface area contributed by atoms with Gasteiger partial charge in [-0.15, -0.1) is 0 Å². The third kappa shape index (κ3) is 6.73. The summed E-state index contributed by atoms with van der Waals surface area (Å²) in [5, 5.41) is 0. The highest BCUT2D eigenvalue weighted by molar-refractivity contribution is 5.75. The van der Waals surface area contributed by atoms with Crippen molar-refractivity contribution in [1.29, 1.82) is 0 Å². The first-order valence-corrected chi connectivity index (χ1v) is 19.2. The highest BCUT2D eigenvalue weighted by atomic mass is 15.1. The molecule has 0 amide bonds. The molecule has 278 valence electrons. The summed E-state index contributed by atoms with van der Waals surface area (Å²) < 4.78 is 4.17.